The highest BCUT2D eigenvalue weighted by molar-refractivity contribution is 5.86. The lowest BCUT2D eigenvalue weighted by atomic mass is 9.82. The quantitative estimate of drug-likeness (QED) is 0.748. The number of hydrogen-bond donors (Lipinski definition) is 2. The highest BCUT2D eigenvalue weighted by atomic mass is 16.2. The van der Waals surface area contributed by atoms with Crippen LogP contribution < -0.4 is 16.0 Å². The minimum Gasteiger partial charge on any atom is -0.368 e. The van der Waals surface area contributed by atoms with Gasteiger partial charge < -0.3 is 20.9 Å². The van der Waals surface area contributed by atoms with Gasteiger partial charge >= 0.3 is 0 Å². The molecule has 3 N–H and O–H groups in total. The number of nitrogens with zero attached hydrogens (tertiary/aromatic N) is 2. The lowest BCUT2D eigenvalue weighted by Gasteiger charge is -2.36. The summed E-state index contributed by atoms with van der Waals surface area (Å²) in [5.74, 6) is 0.128. The van der Waals surface area contributed by atoms with Crippen molar-refractivity contribution < 1.29 is 9.59 Å². The zero-order chi connectivity index (χ0) is 19.1. The van der Waals surface area contributed by atoms with E-state index in [-0.39, 0.29) is 11.8 Å². The normalized spacial score (nSPS) is 19.6. The zero-order valence-corrected chi connectivity index (χ0v) is 16.2. The lowest BCUT2D eigenvalue weighted by Crippen LogP contribution is -2.55. The van der Waals surface area contributed by atoms with Crippen LogP contribution in [-0.2, 0) is 9.59 Å². The third kappa shape index (κ3) is 5.22. The van der Waals surface area contributed by atoms with Crippen molar-refractivity contribution in [2.24, 2.45) is 5.73 Å². The van der Waals surface area contributed by atoms with Crippen LogP contribution in [-0.4, -0.2) is 55.0 Å². The Balaban J connectivity index is 1.34. The van der Waals surface area contributed by atoms with Crippen molar-refractivity contribution in [2.45, 2.75) is 50.5 Å². The van der Waals surface area contributed by atoms with Crippen molar-refractivity contribution in [3.05, 3.63) is 30.3 Å². The Morgan fingerprint density at radius 1 is 1.00 bits per heavy atom. The second-order valence-electron chi connectivity index (χ2n) is 7.78. The van der Waals surface area contributed by atoms with Gasteiger partial charge in [-0.25, -0.2) is 0 Å². The van der Waals surface area contributed by atoms with Gasteiger partial charge in [-0.2, -0.15) is 0 Å². The van der Waals surface area contributed by atoms with Gasteiger partial charge in [0, 0.05) is 44.8 Å². The lowest BCUT2D eigenvalue weighted by molar-refractivity contribution is -0.132. The van der Waals surface area contributed by atoms with Crippen molar-refractivity contribution in [1.29, 1.82) is 0 Å². The van der Waals surface area contributed by atoms with Gasteiger partial charge in [0.05, 0.1) is 5.54 Å². The standard InChI is InChI=1S/C21H32N4O2/c22-21(11-5-2-6-12-21)20(27)23-13-7-10-19(26)25-16-14-24(15-17-25)18-8-3-1-4-9-18/h1,3-4,8-9H,2,5-7,10-17,22H2,(H,23,27). The zero-order valence-electron chi connectivity index (χ0n) is 16.2. The number of rotatable bonds is 6. The summed E-state index contributed by atoms with van der Waals surface area (Å²) in [6, 6.07) is 10.3. The molecule has 148 valence electrons. The van der Waals surface area contributed by atoms with E-state index in [2.05, 4.69) is 22.3 Å². The number of amides is 2. The molecule has 1 aliphatic heterocycles. The van der Waals surface area contributed by atoms with Crippen LogP contribution in [0, 0.1) is 0 Å². The Hall–Kier alpha value is -2.08. The van der Waals surface area contributed by atoms with Crippen LogP contribution in [0.4, 0.5) is 5.69 Å². The molecule has 27 heavy (non-hydrogen) atoms. The van der Waals surface area contributed by atoms with E-state index in [0.717, 1.165) is 58.3 Å². The van der Waals surface area contributed by atoms with Gasteiger partial charge in [-0.15, -0.1) is 0 Å². The predicted octanol–water partition coefficient (Wildman–Crippen LogP) is 1.89. The van der Waals surface area contributed by atoms with E-state index in [1.165, 1.54) is 5.69 Å². The highest BCUT2D eigenvalue weighted by Crippen LogP contribution is 2.25. The number of nitrogens with two attached hydrogens (primary N) is 1. The first-order valence-corrected chi connectivity index (χ1v) is 10.2. The molecule has 0 radical (unpaired) electrons. The molecule has 6 heteroatoms. The molecule has 1 heterocycles. The summed E-state index contributed by atoms with van der Waals surface area (Å²) < 4.78 is 0. The Morgan fingerprint density at radius 3 is 2.33 bits per heavy atom. The van der Waals surface area contributed by atoms with Crippen molar-refractivity contribution in [2.75, 3.05) is 37.6 Å². The van der Waals surface area contributed by atoms with E-state index in [1.54, 1.807) is 0 Å². The van der Waals surface area contributed by atoms with Crippen LogP contribution in [0.5, 0.6) is 0 Å². The van der Waals surface area contributed by atoms with E-state index in [4.69, 9.17) is 5.73 Å². The monoisotopic (exact) mass is 372 g/mol. The number of piperazine rings is 1. The molecule has 1 saturated heterocycles. The van der Waals surface area contributed by atoms with E-state index in [0.29, 0.717) is 19.4 Å². The number of benzene rings is 1. The molecule has 0 bridgehead atoms. The first kappa shape index (κ1) is 19.7. The number of anilines is 1. The Bertz CT molecular complexity index is 620. The van der Waals surface area contributed by atoms with E-state index >= 15 is 0 Å². The minimum absolute atomic E-state index is 0.0499. The summed E-state index contributed by atoms with van der Waals surface area (Å²) in [6.07, 6.45) is 5.89. The van der Waals surface area contributed by atoms with Gasteiger partial charge in [-0.05, 0) is 31.4 Å². The predicted molar refractivity (Wildman–Crippen MR) is 107 cm³/mol. The fraction of sp³-hybridized carbons (Fsp3) is 0.619. The molecule has 6 nitrogen and oxygen atoms in total. The fourth-order valence-corrected chi connectivity index (χ4v) is 4.04. The van der Waals surface area contributed by atoms with Gasteiger partial charge in [-0.3, -0.25) is 9.59 Å². The second kappa shape index (κ2) is 9.22. The molecule has 0 aromatic heterocycles. The van der Waals surface area contributed by atoms with Crippen LogP contribution >= 0.6 is 0 Å². The van der Waals surface area contributed by atoms with Crippen LogP contribution in [0.15, 0.2) is 30.3 Å². The molecule has 0 atom stereocenters. The SMILES string of the molecule is NC1(C(=O)NCCCC(=O)N2CCN(c3ccccc3)CC2)CCCCC1. The van der Waals surface area contributed by atoms with Crippen LogP contribution in [0.25, 0.3) is 0 Å². The van der Waals surface area contributed by atoms with E-state index < -0.39 is 5.54 Å². The molecule has 3 rings (SSSR count). The largest absolute Gasteiger partial charge is 0.368 e. The molecule has 1 aromatic carbocycles. The van der Waals surface area contributed by atoms with Gasteiger partial charge in [0.1, 0.15) is 0 Å². The fourth-order valence-electron chi connectivity index (χ4n) is 4.04. The van der Waals surface area contributed by atoms with Gasteiger partial charge in [0.2, 0.25) is 11.8 Å². The summed E-state index contributed by atoms with van der Waals surface area (Å²) in [4.78, 5) is 29.0. The summed E-state index contributed by atoms with van der Waals surface area (Å²) in [6.45, 7) is 3.76. The number of hydrogen-bond acceptors (Lipinski definition) is 4. The average Bonchev–Trinajstić information content (AvgIpc) is 2.72. The van der Waals surface area contributed by atoms with Crippen molar-refractivity contribution in [1.82, 2.24) is 10.2 Å². The summed E-state index contributed by atoms with van der Waals surface area (Å²) >= 11 is 0. The maximum Gasteiger partial charge on any atom is 0.240 e. The Morgan fingerprint density at radius 2 is 1.67 bits per heavy atom. The molecule has 0 unspecified atom stereocenters. The molecule has 1 aliphatic carbocycles. The topological polar surface area (TPSA) is 78.7 Å². The van der Waals surface area contributed by atoms with Gasteiger partial charge in [0.25, 0.3) is 0 Å². The number of para-hydroxylation sites is 1. The third-order valence-corrected chi connectivity index (χ3v) is 5.80. The maximum atomic E-state index is 12.4. The first-order chi connectivity index (χ1) is 13.1. The molecule has 2 aliphatic rings. The number of carbonyl (C=O) groups is 2. The van der Waals surface area contributed by atoms with Crippen molar-refractivity contribution in [3.8, 4) is 0 Å². The average molecular weight is 373 g/mol. The van der Waals surface area contributed by atoms with Crippen molar-refractivity contribution >= 4 is 17.5 Å². The third-order valence-electron chi connectivity index (χ3n) is 5.80. The smallest absolute Gasteiger partial charge is 0.240 e. The molecule has 2 amide bonds. The van der Waals surface area contributed by atoms with Gasteiger partial charge in [-0.1, -0.05) is 37.5 Å². The summed E-state index contributed by atoms with van der Waals surface area (Å²) in [5, 5.41) is 2.94. The van der Waals surface area contributed by atoms with Crippen LogP contribution in [0.2, 0.25) is 0 Å². The molecule has 1 aromatic rings. The first-order valence-electron chi connectivity index (χ1n) is 10.2. The molecule has 1 saturated carbocycles. The van der Waals surface area contributed by atoms with Crippen LogP contribution in [0.1, 0.15) is 44.9 Å². The molecule has 0 spiro atoms. The maximum absolute atomic E-state index is 12.4. The number of nitrogens with one attached hydrogen (secondary N) is 1. The van der Waals surface area contributed by atoms with Crippen molar-refractivity contribution in [3.63, 3.8) is 0 Å². The minimum atomic E-state index is -0.698. The molecule has 2 fully saturated rings. The Kier molecular flexibility index (Phi) is 6.72. The highest BCUT2D eigenvalue weighted by Gasteiger charge is 2.34. The molecular weight excluding hydrogens is 340 g/mol. The van der Waals surface area contributed by atoms with E-state index in [9.17, 15) is 9.59 Å². The van der Waals surface area contributed by atoms with Gasteiger partial charge in [0.15, 0.2) is 0 Å². The molecular formula is C21H32N4O2. The van der Waals surface area contributed by atoms with E-state index in [1.807, 2.05) is 23.1 Å². The number of carbonyl (C=O) groups excluding carboxylic acids is 2. The summed E-state index contributed by atoms with van der Waals surface area (Å²) in [7, 11) is 0. The Labute approximate surface area is 162 Å². The summed E-state index contributed by atoms with van der Waals surface area (Å²) in [5.41, 5.74) is 6.75. The van der Waals surface area contributed by atoms with Crippen LogP contribution in [0.3, 0.4) is 0 Å². The second-order valence-corrected chi connectivity index (χ2v) is 7.78.